The molecular formula is C17H18N4O3S2. The van der Waals surface area contributed by atoms with Crippen LogP contribution in [0.15, 0.2) is 34.1 Å². The van der Waals surface area contributed by atoms with Gasteiger partial charge < -0.3 is 10.4 Å². The van der Waals surface area contributed by atoms with E-state index in [1.54, 1.807) is 29.3 Å². The minimum Gasteiger partial charge on any atom is -0.395 e. The Hall–Kier alpha value is -2.23. The SMILES string of the molecule is CCCN1C(=O)/C(=C\c2c(NCCO)nc3ccccn3c2=O)SC1=S. The van der Waals surface area contributed by atoms with Gasteiger partial charge in [-0.2, -0.15) is 0 Å². The average molecular weight is 390 g/mol. The lowest BCUT2D eigenvalue weighted by Gasteiger charge is -2.12. The minimum absolute atomic E-state index is 0.103. The van der Waals surface area contributed by atoms with Crippen molar-refractivity contribution in [1.82, 2.24) is 14.3 Å². The first-order valence-corrected chi connectivity index (χ1v) is 9.40. The number of thioether (sulfide) groups is 1. The highest BCUT2D eigenvalue weighted by Crippen LogP contribution is 2.33. The molecule has 0 atom stereocenters. The van der Waals surface area contributed by atoms with E-state index in [0.717, 1.165) is 6.42 Å². The second-order valence-electron chi connectivity index (χ2n) is 5.59. The summed E-state index contributed by atoms with van der Waals surface area (Å²) in [6.07, 6.45) is 3.95. The van der Waals surface area contributed by atoms with Gasteiger partial charge in [-0.05, 0) is 24.6 Å². The molecule has 0 spiro atoms. The number of aliphatic hydroxyl groups excluding tert-OH is 1. The summed E-state index contributed by atoms with van der Waals surface area (Å²) in [5.41, 5.74) is 0.449. The van der Waals surface area contributed by atoms with Crippen LogP contribution in [0.3, 0.4) is 0 Å². The molecule has 0 aliphatic carbocycles. The van der Waals surface area contributed by atoms with Gasteiger partial charge in [-0.15, -0.1) is 0 Å². The van der Waals surface area contributed by atoms with Crippen molar-refractivity contribution in [1.29, 1.82) is 0 Å². The summed E-state index contributed by atoms with van der Waals surface area (Å²) in [6.45, 7) is 2.66. The lowest BCUT2D eigenvalue weighted by molar-refractivity contribution is -0.122. The molecule has 1 amide bonds. The van der Waals surface area contributed by atoms with Crippen LogP contribution in [-0.4, -0.2) is 49.3 Å². The van der Waals surface area contributed by atoms with Gasteiger partial charge in [-0.3, -0.25) is 18.9 Å². The van der Waals surface area contributed by atoms with E-state index < -0.39 is 0 Å². The highest BCUT2D eigenvalue weighted by Gasteiger charge is 2.31. The maximum atomic E-state index is 12.9. The summed E-state index contributed by atoms with van der Waals surface area (Å²) >= 11 is 6.45. The Labute approximate surface area is 159 Å². The average Bonchev–Trinajstić information content (AvgIpc) is 2.90. The van der Waals surface area contributed by atoms with Crippen LogP contribution in [0.25, 0.3) is 11.7 Å². The van der Waals surface area contributed by atoms with Crippen molar-refractivity contribution in [2.45, 2.75) is 13.3 Å². The van der Waals surface area contributed by atoms with E-state index in [1.165, 1.54) is 22.2 Å². The first-order valence-electron chi connectivity index (χ1n) is 8.18. The molecule has 3 rings (SSSR count). The van der Waals surface area contributed by atoms with Crippen molar-refractivity contribution in [3.05, 3.63) is 45.2 Å². The van der Waals surface area contributed by atoms with Crippen molar-refractivity contribution < 1.29 is 9.90 Å². The third kappa shape index (κ3) is 3.50. The summed E-state index contributed by atoms with van der Waals surface area (Å²) in [5, 5.41) is 12.0. The Bertz CT molecular complexity index is 955. The number of anilines is 1. The Morgan fingerprint density at radius 1 is 1.38 bits per heavy atom. The first kappa shape index (κ1) is 18.6. The lowest BCUT2D eigenvalue weighted by atomic mass is 10.2. The van der Waals surface area contributed by atoms with Crippen molar-refractivity contribution in [2.75, 3.05) is 25.0 Å². The number of thiocarbonyl (C=S) groups is 1. The topological polar surface area (TPSA) is 86.9 Å². The van der Waals surface area contributed by atoms with Crippen LogP contribution in [0.1, 0.15) is 18.9 Å². The summed E-state index contributed by atoms with van der Waals surface area (Å²) in [5.74, 6) is 0.128. The molecule has 2 aromatic rings. The molecule has 1 fully saturated rings. The number of hydrogen-bond donors (Lipinski definition) is 2. The van der Waals surface area contributed by atoms with Gasteiger partial charge in [-0.1, -0.05) is 37.0 Å². The number of amides is 1. The first-order chi connectivity index (χ1) is 12.6. The minimum atomic E-state index is -0.295. The number of aliphatic hydroxyl groups is 1. The zero-order valence-electron chi connectivity index (χ0n) is 14.1. The standard InChI is InChI=1S/C17H18N4O3S2/c1-2-7-21-16(24)12(26-17(21)25)10-11-14(18-6-9-22)19-13-5-3-4-8-20(13)15(11)23/h3-5,8,10,18,22H,2,6-7,9H2,1H3/b12-10+. The Balaban J connectivity index is 2.11. The summed E-state index contributed by atoms with van der Waals surface area (Å²) < 4.78 is 1.91. The van der Waals surface area contributed by atoms with E-state index in [4.69, 9.17) is 17.3 Å². The number of carbonyl (C=O) groups is 1. The summed E-state index contributed by atoms with van der Waals surface area (Å²) in [7, 11) is 0. The maximum Gasteiger partial charge on any atom is 0.267 e. The van der Waals surface area contributed by atoms with Crippen LogP contribution in [0, 0.1) is 0 Å². The van der Waals surface area contributed by atoms with Gasteiger partial charge in [0, 0.05) is 19.3 Å². The highest BCUT2D eigenvalue weighted by atomic mass is 32.2. The van der Waals surface area contributed by atoms with Crippen LogP contribution in [-0.2, 0) is 4.79 Å². The second kappa shape index (κ2) is 7.98. The normalized spacial score (nSPS) is 16.1. The molecule has 0 radical (unpaired) electrons. The van der Waals surface area contributed by atoms with Gasteiger partial charge in [-0.25, -0.2) is 4.98 Å². The molecule has 0 bridgehead atoms. The van der Waals surface area contributed by atoms with Crippen LogP contribution in [0.5, 0.6) is 0 Å². The van der Waals surface area contributed by atoms with Gasteiger partial charge in [0.1, 0.15) is 15.8 Å². The zero-order valence-corrected chi connectivity index (χ0v) is 15.8. The highest BCUT2D eigenvalue weighted by molar-refractivity contribution is 8.26. The fraction of sp³-hybridized carbons (Fsp3) is 0.294. The smallest absolute Gasteiger partial charge is 0.267 e. The van der Waals surface area contributed by atoms with Crippen LogP contribution >= 0.6 is 24.0 Å². The van der Waals surface area contributed by atoms with E-state index in [0.29, 0.717) is 27.2 Å². The van der Waals surface area contributed by atoms with Crippen molar-refractivity contribution in [3.63, 3.8) is 0 Å². The number of rotatable bonds is 6. The van der Waals surface area contributed by atoms with Gasteiger partial charge in [0.15, 0.2) is 0 Å². The number of fused-ring (bicyclic) bond motifs is 1. The number of nitrogens with one attached hydrogen (secondary N) is 1. The quantitative estimate of drug-likeness (QED) is 0.573. The summed E-state index contributed by atoms with van der Waals surface area (Å²) in [4.78, 5) is 31.9. The number of nitrogens with zero attached hydrogens (tertiary/aromatic N) is 3. The summed E-state index contributed by atoms with van der Waals surface area (Å²) in [6, 6.07) is 5.24. The fourth-order valence-electron chi connectivity index (χ4n) is 2.59. The molecule has 0 unspecified atom stereocenters. The second-order valence-corrected chi connectivity index (χ2v) is 7.27. The van der Waals surface area contributed by atoms with Crippen molar-refractivity contribution in [3.8, 4) is 0 Å². The van der Waals surface area contributed by atoms with E-state index in [9.17, 15) is 9.59 Å². The van der Waals surface area contributed by atoms with E-state index in [2.05, 4.69) is 10.3 Å². The van der Waals surface area contributed by atoms with Crippen LogP contribution < -0.4 is 10.9 Å². The van der Waals surface area contributed by atoms with Gasteiger partial charge >= 0.3 is 0 Å². The lowest BCUT2D eigenvalue weighted by Crippen LogP contribution is -2.28. The van der Waals surface area contributed by atoms with E-state index in [1.807, 2.05) is 6.92 Å². The van der Waals surface area contributed by atoms with Crippen molar-refractivity contribution in [2.24, 2.45) is 0 Å². The maximum absolute atomic E-state index is 12.9. The molecule has 3 heterocycles. The number of hydrogen-bond acceptors (Lipinski definition) is 7. The molecular weight excluding hydrogens is 372 g/mol. The zero-order chi connectivity index (χ0) is 18.7. The van der Waals surface area contributed by atoms with Gasteiger partial charge in [0.25, 0.3) is 11.5 Å². The Morgan fingerprint density at radius 3 is 2.92 bits per heavy atom. The molecule has 1 aliphatic heterocycles. The van der Waals surface area contributed by atoms with Crippen molar-refractivity contribution >= 4 is 51.7 Å². The molecule has 26 heavy (non-hydrogen) atoms. The van der Waals surface area contributed by atoms with Crippen LogP contribution in [0.4, 0.5) is 5.82 Å². The molecule has 0 aromatic carbocycles. The van der Waals surface area contributed by atoms with Crippen LogP contribution in [0.2, 0.25) is 0 Å². The number of aromatic nitrogens is 2. The van der Waals surface area contributed by atoms with Gasteiger partial charge in [0.05, 0.1) is 17.1 Å². The molecule has 7 nitrogen and oxygen atoms in total. The third-order valence-corrected chi connectivity index (χ3v) is 5.15. The molecule has 2 aromatic heterocycles. The molecule has 136 valence electrons. The number of carbonyl (C=O) groups excluding carboxylic acids is 1. The van der Waals surface area contributed by atoms with E-state index >= 15 is 0 Å². The Kier molecular flexibility index (Phi) is 5.70. The molecule has 2 N–H and O–H groups in total. The fourth-order valence-corrected chi connectivity index (χ4v) is 3.88. The molecule has 0 saturated carbocycles. The predicted molar refractivity (Wildman–Crippen MR) is 107 cm³/mol. The van der Waals surface area contributed by atoms with Gasteiger partial charge in [0.2, 0.25) is 0 Å². The monoisotopic (exact) mass is 390 g/mol. The van der Waals surface area contributed by atoms with E-state index in [-0.39, 0.29) is 30.2 Å². The molecule has 9 heteroatoms. The molecule has 1 saturated heterocycles. The predicted octanol–water partition coefficient (Wildman–Crippen LogP) is 1.71. The molecule has 1 aliphatic rings. The Morgan fingerprint density at radius 2 is 2.19 bits per heavy atom. The third-order valence-electron chi connectivity index (χ3n) is 3.77. The number of pyridine rings is 1. The largest absolute Gasteiger partial charge is 0.395 e.